The fourth-order valence-corrected chi connectivity index (χ4v) is 2.31. The summed E-state index contributed by atoms with van der Waals surface area (Å²) in [6, 6.07) is 9.71. The number of hydrogen-bond donors (Lipinski definition) is 0. The maximum absolute atomic E-state index is 12.9. The van der Waals surface area contributed by atoms with Crippen LogP contribution in [-0.2, 0) is 4.74 Å². The Bertz CT molecular complexity index is 215. The van der Waals surface area contributed by atoms with Gasteiger partial charge in [0.05, 0.1) is 0 Å². The summed E-state index contributed by atoms with van der Waals surface area (Å²) in [5.41, 5.74) is 0. The summed E-state index contributed by atoms with van der Waals surface area (Å²) in [4.78, 5) is 0. The Balaban J connectivity index is 2.41. The summed E-state index contributed by atoms with van der Waals surface area (Å²) in [5.74, 6) is -1.03. The lowest BCUT2D eigenvalue weighted by molar-refractivity contribution is 0.0282. The third kappa shape index (κ3) is 3.15. The van der Waals surface area contributed by atoms with E-state index in [-0.39, 0.29) is 0 Å². The Morgan fingerprint density at radius 1 is 1.42 bits per heavy atom. The second-order valence-corrected chi connectivity index (χ2v) is 4.42. The monoisotopic (exact) mass is 184 g/mol. The minimum Gasteiger partial charge on any atom is -0.352 e. The summed E-state index contributed by atoms with van der Waals surface area (Å²) in [7, 11) is -0.887. The first-order valence-corrected chi connectivity index (χ1v) is 5.65. The summed E-state index contributed by atoms with van der Waals surface area (Å²) in [5, 5.41) is 1.11. The minimum absolute atomic E-state index is 0.459. The van der Waals surface area contributed by atoms with Crippen molar-refractivity contribution < 1.29 is 9.13 Å². The zero-order chi connectivity index (χ0) is 8.81. The van der Waals surface area contributed by atoms with Crippen molar-refractivity contribution in [1.82, 2.24) is 0 Å². The van der Waals surface area contributed by atoms with E-state index >= 15 is 0 Å². The van der Waals surface area contributed by atoms with Crippen LogP contribution in [0.3, 0.4) is 0 Å². The first-order valence-electron chi connectivity index (χ1n) is 4.12. The number of benzene rings is 1. The van der Waals surface area contributed by atoms with E-state index in [4.69, 9.17) is 4.74 Å². The molecule has 0 radical (unpaired) electrons. The van der Waals surface area contributed by atoms with Crippen LogP contribution in [0.4, 0.5) is 4.39 Å². The van der Waals surface area contributed by atoms with Crippen molar-refractivity contribution in [3.63, 3.8) is 0 Å². The molecule has 0 amide bonds. The van der Waals surface area contributed by atoms with Crippen molar-refractivity contribution >= 4 is 14.7 Å². The van der Waals surface area contributed by atoms with Gasteiger partial charge in [0, 0.05) is 6.61 Å². The number of rotatable bonds is 4. The Morgan fingerprint density at radius 2 is 2.08 bits per heavy atom. The topological polar surface area (TPSA) is 9.23 Å². The lowest BCUT2D eigenvalue weighted by Crippen LogP contribution is -2.26. The molecule has 0 aliphatic rings. The van der Waals surface area contributed by atoms with E-state index in [1.807, 2.05) is 37.3 Å². The predicted octanol–water partition coefficient (Wildman–Crippen LogP) is 0.770. The number of hydrogen-bond acceptors (Lipinski definition) is 1. The Hall–Kier alpha value is -0.673. The molecule has 1 atom stereocenters. The first-order chi connectivity index (χ1) is 5.83. The molecule has 0 aliphatic carbocycles. The van der Waals surface area contributed by atoms with Crippen molar-refractivity contribution in [3.05, 3.63) is 30.3 Å². The molecule has 1 unspecified atom stereocenters. The molecule has 0 spiro atoms. The van der Waals surface area contributed by atoms with E-state index in [1.54, 1.807) is 0 Å². The normalized spacial score (nSPS) is 13.8. The lowest BCUT2D eigenvalue weighted by atomic mass is 10.4. The molecule has 3 heteroatoms. The standard InChI is InChI=1S/C9H13FOSi/c1-2-11-9(10)12-8-6-4-3-5-7-8/h3-7,9H,2,12H2,1H3. The molecular formula is C9H13FOSi. The molecule has 0 bridgehead atoms. The molecule has 66 valence electrons. The maximum atomic E-state index is 12.9. The van der Waals surface area contributed by atoms with Crippen LogP contribution >= 0.6 is 0 Å². The molecule has 0 saturated heterocycles. The predicted molar refractivity (Wildman–Crippen MR) is 51.1 cm³/mol. The smallest absolute Gasteiger partial charge is 0.179 e. The van der Waals surface area contributed by atoms with E-state index < -0.39 is 15.5 Å². The highest BCUT2D eigenvalue weighted by atomic mass is 28.2. The third-order valence-electron chi connectivity index (χ3n) is 1.59. The van der Waals surface area contributed by atoms with E-state index in [0.29, 0.717) is 6.61 Å². The van der Waals surface area contributed by atoms with Gasteiger partial charge in [-0.05, 0) is 6.92 Å². The van der Waals surface area contributed by atoms with Crippen LogP contribution in [0, 0.1) is 0 Å². The van der Waals surface area contributed by atoms with Gasteiger partial charge < -0.3 is 4.74 Å². The summed E-state index contributed by atoms with van der Waals surface area (Å²) >= 11 is 0. The average Bonchev–Trinajstić information content (AvgIpc) is 2.06. The average molecular weight is 184 g/mol. The van der Waals surface area contributed by atoms with E-state index in [1.165, 1.54) is 0 Å². The number of halogens is 1. The lowest BCUT2D eigenvalue weighted by Gasteiger charge is -2.06. The van der Waals surface area contributed by atoms with Crippen LogP contribution in [0.15, 0.2) is 30.3 Å². The highest BCUT2D eigenvalue weighted by Gasteiger charge is 2.06. The maximum Gasteiger partial charge on any atom is 0.179 e. The fourth-order valence-electron chi connectivity index (χ4n) is 1.04. The molecule has 0 fully saturated rings. The van der Waals surface area contributed by atoms with Gasteiger partial charge in [-0.3, -0.25) is 0 Å². The van der Waals surface area contributed by atoms with Gasteiger partial charge in [0.15, 0.2) is 5.98 Å². The summed E-state index contributed by atoms with van der Waals surface area (Å²) in [6.07, 6.45) is 0. The molecule has 0 heterocycles. The van der Waals surface area contributed by atoms with Crippen molar-refractivity contribution in [3.8, 4) is 0 Å². The van der Waals surface area contributed by atoms with Crippen LogP contribution in [0.5, 0.6) is 0 Å². The highest BCUT2D eigenvalue weighted by molar-refractivity contribution is 6.54. The van der Waals surface area contributed by atoms with Crippen LogP contribution in [-0.4, -0.2) is 22.1 Å². The van der Waals surface area contributed by atoms with Gasteiger partial charge in [-0.2, -0.15) is 0 Å². The first kappa shape index (κ1) is 9.42. The summed E-state index contributed by atoms with van der Waals surface area (Å²) < 4.78 is 17.8. The van der Waals surface area contributed by atoms with Gasteiger partial charge >= 0.3 is 0 Å². The molecule has 1 nitrogen and oxygen atoms in total. The van der Waals surface area contributed by atoms with Crippen molar-refractivity contribution in [2.75, 3.05) is 6.61 Å². The highest BCUT2D eigenvalue weighted by Crippen LogP contribution is 1.91. The van der Waals surface area contributed by atoms with Gasteiger partial charge in [0.1, 0.15) is 9.52 Å². The van der Waals surface area contributed by atoms with Gasteiger partial charge in [-0.1, -0.05) is 35.5 Å². The van der Waals surface area contributed by atoms with Crippen molar-refractivity contribution in [2.24, 2.45) is 0 Å². The SMILES string of the molecule is CCOC(F)[SiH2]c1ccccc1. The van der Waals surface area contributed by atoms with Crippen LogP contribution in [0.1, 0.15) is 6.92 Å². The van der Waals surface area contributed by atoms with Crippen LogP contribution < -0.4 is 5.19 Å². The van der Waals surface area contributed by atoms with Gasteiger partial charge in [0.25, 0.3) is 0 Å². The third-order valence-corrected chi connectivity index (χ3v) is 3.09. The number of ether oxygens (including phenoxy) is 1. The summed E-state index contributed by atoms with van der Waals surface area (Å²) in [6.45, 7) is 2.27. The van der Waals surface area contributed by atoms with Gasteiger partial charge in [-0.25, -0.2) is 4.39 Å². The Kier molecular flexibility index (Phi) is 3.97. The van der Waals surface area contributed by atoms with Gasteiger partial charge in [-0.15, -0.1) is 0 Å². The van der Waals surface area contributed by atoms with E-state index in [9.17, 15) is 4.39 Å². The molecule has 0 aromatic heterocycles. The van der Waals surface area contributed by atoms with Crippen LogP contribution in [0.2, 0.25) is 0 Å². The molecular weight excluding hydrogens is 171 g/mol. The Morgan fingerprint density at radius 3 is 2.67 bits per heavy atom. The molecule has 0 N–H and O–H groups in total. The molecule has 1 aromatic carbocycles. The Labute approximate surface area is 74.4 Å². The largest absolute Gasteiger partial charge is 0.352 e. The second-order valence-electron chi connectivity index (χ2n) is 2.56. The molecule has 0 saturated carbocycles. The fraction of sp³-hybridized carbons (Fsp3) is 0.333. The minimum atomic E-state index is -1.03. The van der Waals surface area contributed by atoms with E-state index in [0.717, 1.165) is 5.19 Å². The quantitative estimate of drug-likeness (QED) is 0.628. The zero-order valence-electron chi connectivity index (χ0n) is 7.16. The molecule has 1 rings (SSSR count). The molecule has 0 aliphatic heterocycles. The van der Waals surface area contributed by atoms with Crippen molar-refractivity contribution in [2.45, 2.75) is 12.9 Å². The van der Waals surface area contributed by atoms with E-state index in [2.05, 4.69) is 0 Å². The number of alkyl halides is 1. The second kappa shape index (κ2) is 5.06. The van der Waals surface area contributed by atoms with Crippen LogP contribution in [0.25, 0.3) is 0 Å². The van der Waals surface area contributed by atoms with Gasteiger partial charge in [0.2, 0.25) is 0 Å². The van der Waals surface area contributed by atoms with Crippen molar-refractivity contribution in [1.29, 1.82) is 0 Å². The zero-order valence-corrected chi connectivity index (χ0v) is 8.58. The molecule has 12 heavy (non-hydrogen) atoms. The molecule has 1 aromatic rings.